The van der Waals surface area contributed by atoms with Gasteiger partial charge >= 0.3 is 0 Å². The van der Waals surface area contributed by atoms with Gasteiger partial charge in [-0.1, -0.05) is 35.3 Å². The number of halogens is 2. The standard InChI is InChI=1S/C14H12Cl2N2O3S/c1-18(10-5-3-4-6-11(10)22(2,20)21)14(19)9-7-12(15)17-13(16)8-9/h3-8H,1-2H3. The molecule has 0 unspecified atom stereocenters. The summed E-state index contributed by atoms with van der Waals surface area (Å²) < 4.78 is 23.7. The van der Waals surface area contributed by atoms with Crippen LogP contribution in [0.15, 0.2) is 41.3 Å². The molecule has 0 aliphatic carbocycles. The first kappa shape index (κ1) is 16.7. The fourth-order valence-electron chi connectivity index (χ4n) is 1.94. The molecule has 1 aromatic carbocycles. The number of pyridine rings is 1. The Bertz CT molecular complexity index is 817. The van der Waals surface area contributed by atoms with Gasteiger partial charge in [-0.25, -0.2) is 13.4 Å². The van der Waals surface area contributed by atoms with Gasteiger partial charge < -0.3 is 4.90 Å². The molecule has 0 aliphatic heterocycles. The number of carbonyl (C=O) groups excluding carboxylic acids is 1. The van der Waals surface area contributed by atoms with Crippen molar-refractivity contribution >= 4 is 44.6 Å². The predicted molar refractivity (Wildman–Crippen MR) is 86.5 cm³/mol. The van der Waals surface area contributed by atoms with Gasteiger partial charge in [-0.05, 0) is 24.3 Å². The largest absolute Gasteiger partial charge is 0.310 e. The Morgan fingerprint density at radius 3 is 2.23 bits per heavy atom. The van der Waals surface area contributed by atoms with E-state index in [-0.39, 0.29) is 26.5 Å². The van der Waals surface area contributed by atoms with Crippen molar-refractivity contribution in [3.63, 3.8) is 0 Å². The highest BCUT2D eigenvalue weighted by molar-refractivity contribution is 7.90. The summed E-state index contributed by atoms with van der Waals surface area (Å²) in [5, 5.41) is 0.168. The van der Waals surface area contributed by atoms with Crippen LogP contribution in [0.25, 0.3) is 0 Å². The Kier molecular flexibility index (Phi) is 4.75. The maximum Gasteiger partial charge on any atom is 0.258 e. The molecule has 2 aromatic rings. The summed E-state index contributed by atoms with van der Waals surface area (Å²) >= 11 is 11.6. The summed E-state index contributed by atoms with van der Waals surface area (Å²) in [5.41, 5.74) is 0.495. The molecule has 0 aliphatic rings. The maximum absolute atomic E-state index is 12.5. The van der Waals surface area contributed by atoms with E-state index in [0.717, 1.165) is 6.26 Å². The lowest BCUT2D eigenvalue weighted by atomic mass is 10.2. The van der Waals surface area contributed by atoms with E-state index in [1.807, 2.05) is 0 Å². The van der Waals surface area contributed by atoms with Crippen LogP contribution < -0.4 is 4.90 Å². The minimum Gasteiger partial charge on any atom is -0.310 e. The molecule has 22 heavy (non-hydrogen) atoms. The van der Waals surface area contributed by atoms with Gasteiger partial charge in [0.2, 0.25) is 0 Å². The van der Waals surface area contributed by atoms with Gasteiger partial charge in [0.25, 0.3) is 5.91 Å². The van der Waals surface area contributed by atoms with Crippen molar-refractivity contribution in [1.29, 1.82) is 0 Å². The van der Waals surface area contributed by atoms with Crippen LogP contribution in [0.5, 0.6) is 0 Å². The minimum atomic E-state index is -3.47. The molecule has 0 saturated carbocycles. The number of aromatic nitrogens is 1. The summed E-state index contributed by atoms with van der Waals surface area (Å²) in [7, 11) is -1.99. The quantitative estimate of drug-likeness (QED) is 0.790. The van der Waals surface area contributed by atoms with Crippen molar-refractivity contribution in [2.75, 3.05) is 18.2 Å². The Morgan fingerprint density at radius 1 is 1.14 bits per heavy atom. The zero-order valence-electron chi connectivity index (χ0n) is 11.7. The molecule has 0 spiro atoms. The molecule has 2 rings (SSSR count). The van der Waals surface area contributed by atoms with Crippen molar-refractivity contribution < 1.29 is 13.2 Å². The molecule has 1 aromatic heterocycles. The number of hydrogen-bond donors (Lipinski definition) is 0. The third kappa shape index (κ3) is 3.58. The predicted octanol–water partition coefficient (Wildman–Crippen LogP) is 3.07. The maximum atomic E-state index is 12.5. The second-order valence-electron chi connectivity index (χ2n) is 4.61. The van der Waals surface area contributed by atoms with Gasteiger partial charge in [0.15, 0.2) is 9.84 Å². The van der Waals surface area contributed by atoms with Gasteiger partial charge in [-0.3, -0.25) is 4.79 Å². The molecular formula is C14H12Cl2N2O3S. The van der Waals surface area contributed by atoms with Crippen molar-refractivity contribution in [2.24, 2.45) is 0 Å². The van der Waals surface area contributed by atoms with Crippen molar-refractivity contribution in [3.05, 3.63) is 52.3 Å². The smallest absolute Gasteiger partial charge is 0.258 e. The number of benzene rings is 1. The van der Waals surface area contributed by atoms with E-state index in [2.05, 4.69) is 4.98 Å². The number of nitrogens with zero attached hydrogens (tertiary/aromatic N) is 2. The van der Waals surface area contributed by atoms with E-state index in [9.17, 15) is 13.2 Å². The van der Waals surface area contributed by atoms with Crippen LogP contribution in [0.2, 0.25) is 10.3 Å². The lowest BCUT2D eigenvalue weighted by Gasteiger charge is -2.20. The number of carbonyl (C=O) groups is 1. The average Bonchev–Trinajstić information content (AvgIpc) is 2.43. The third-order valence-corrected chi connectivity index (χ3v) is 4.47. The van der Waals surface area contributed by atoms with E-state index in [1.165, 1.54) is 30.1 Å². The molecule has 1 amide bonds. The van der Waals surface area contributed by atoms with Crippen molar-refractivity contribution in [3.8, 4) is 0 Å². The lowest BCUT2D eigenvalue weighted by molar-refractivity contribution is 0.0992. The molecule has 0 bridgehead atoms. The molecule has 0 atom stereocenters. The van der Waals surface area contributed by atoms with Crippen LogP contribution in [-0.2, 0) is 9.84 Å². The highest BCUT2D eigenvalue weighted by Crippen LogP contribution is 2.26. The van der Waals surface area contributed by atoms with Crippen molar-refractivity contribution in [1.82, 2.24) is 4.98 Å². The van der Waals surface area contributed by atoms with Crippen LogP contribution in [0.3, 0.4) is 0 Å². The van der Waals surface area contributed by atoms with E-state index in [4.69, 9.17) is 23.2 Å². The summed E-state index contributed by atoms with van der Waals surface area (Å²) in [4.78, 5) is 17.6. The van der Waals surface area contributed by atoms with Gasteiger partial charge in [0.05, 0.1) is 10.6 Å². The Hall–Kier alpha value is -1.63. The number of anilines is 1. The minimum absolute atomic E-state index is 0.0668. The Labute approximate surface area is 138 Å². The van der Waals surface area contributed by atoms with E-state index >= 15 is 0 Å². The molecule has 1 heterocycles. The van der Waals surface area contributed by atoms with E-state index in [0.29, 0.717) is 0 Å². The molecule has 5 nitrogen and oxygen atoms in total. The molecule has 0 saturated heterocycles. The van der Waals surface area contributed by atoms with Crippen LogP contribution in [-0.4, -0.2) is 32.6 Å². The number of sulfone groups is 1. The molecule has 116 valence electrons. The van der Waals surface area contributed by atoms with E-state index < -0.39 is 15.7 Å². The fourth-order valence-corrected chi connectivity index (χ4v) is 3.31. The summed E-state index contributed by atoms with van der Waals surface area (Å²) in [6.45, 7) is 0. The molecule has 0 radical (unpaired) electrons. The van der Waals surface area contributed by atoms with Crippen LogP contribution >= 0.6 is 23.2 Å². The van der Waals surface area contributed by atoms with Crippen LogP contribution in [0.1, 0.15) is 10.4 Å². The second-order valence-corrected chi connectivity index (χ2v) is 7.36. The van der Waals surface area contributed by atoms with Gasteiger partial charge in [-0.15, -0.1) is 0 Å². The number of hydrogen-bond acceptors (Lipinski definition) is 4. The van der Waals surface area contributed by atoms with Gasteiger partial charge in [0.1, 0.15) is 10.3 Å². The SMILES string of the molecule is CN(C(=O)c1cc(Cl)nc(Cl)c1)c1ccccc1S(C)(=O)=O. The molecule has 0 fully saturated rings. The molecule has 8 heteroatoms. The number of rotatable bonds is 3. The van der Waals surface area contributed by atoms with Crippen LogP contribution in [0, 0.1) is 0 Å². The zero-order valence-corrected chi connectivity index (χ0v) is 14.1. The van der Waals surface area contributed by atoms with Gasteiger partial charge in [0, 0.05) is 18.9 Å². The normalized spacial score (nSPS) is 11.3. The average molecular weight is 359 g/mol. The van der Waals surface area contributed by atoms with E-state index in [1.54, 1.807) is 18.2 Å². The number of amides is 1. The number of para-hydroxylation sites is 1. The van der Waals surface area contributed by atoms with Crippen LogP contribution in [0.4, 0.5) is 5.69 Å². The first-order valence-electron chi connectivity index (χ1n) is 6.10. The van der Waals surface area contributed by atoms with Gasteiger partial charge in [-0.2, -0.15) is 0 Å². The zero-order chi connectivity index (χ0) is 16.5. The molecular weight excluding hydrogens is 347 g/mol. The molecule has 0 N–H and O–H groups in total. The third-order valence-electron chi connectivity index (χ3n) is 2.94. The highest BCUT2D eigenvalue weighted by atomic mass is 35.5. The topological polar surface area (TPSA) is 67.3 Å². The summed E-state index contributed by atoms with van der Waals surface area (Å²) in [6.07, 6.45) is 1.09. The second kappa shape index (κ2) is 6.24. The highest BCUT2D eigenvalue weighted by Gasteiger charge is 2.21. The fraction of sp³-hybridized carbons (Fsp3) is 0.143. The Morgan fingerprint density at radius 2 is 1.68 bits per heavy atom. The Balaban J connectivity index is 2.48. The summed E-state index contributed by atoms with van der Waals surface area (Å²) in [5.74, 6) is -0.442. The van der Waals surface area contributed by atoms with Crippen molar-refractivity contribution in [2.45, 2.75) is 4.90 Å². The summed E-state index contributed by atoms with van der Waals surface area (Å²) in [6, 6.07) is 8.99. The monoisotopic (exact) mass is 358 g/mol. The lowest BCUT2D eigenvalue weighted by Crippen LogP contribution is -2.27. The first-order chi connectivity index (χ1) is 10.2. The first-order valence-corrected chi connectivity index (χ1v) is 8.75.